The minimum absolute atomic E-state index is 0.367. The fourth-order valence-corrected chi connectivity index (χ4v) is 1.13. The van der Waals surface area contributed by atoms with Gasteiger partial charge in [0, 0.05) is 6.92 Å². The number of rotatable bonds is 1. The summed E-state index contributed by atoms with van der Waals surface area (Å²) < 4.78 is 5.50. The van der Waals surface area contributed by atoms with E-state index >= 15 is 0 Å². The summed E-state index contributed by atoms with van der Waals surface area (Å²) >= 11 is 3.20. The molecular formula is C9H6BrNO2. The van der Waals surface area contributed by atoms with E-state index in [-0.39, 0.29) is 0 Å². The van der Waals surface area contributed by atoms with Gasteiger partial charge in [-0.05, 0) is 34.1 Å². The van der Waals surface area contributed by atoms with Gasteiger partial charge >= 0.3 is 5.97 Å². The summed E-state index contributed by atoms with van der Waals surface area (Å²) in [6, 6.07) is 6.76. The Labute approximate surface area is 84.1 Å². The summed E-state index contributed by atoms with van der Waals surface area (Å²) in [4.78, 5) is 10.6. The van der Waals surface area contributed by atoms with Crippen LogP contribution in [0.4, 0.5) is 0 Å². The van der Waals surface area contributed by atoms with Crippen LogP contribution >= 0.6 is 15.9 Å². The van der Waals surface area contributed by atoms with Crippen molar-refractivity contribution in [1.29, 1.82) is 5.26 Å². The first kappa shape index (κ1) is 9.75. The third-order valence-electron chi connectivity index (χ3n) is 1.31. The molecule has 1 rings (SSSR count). The lowest BCUT2D eigenvalue weighted by Crippen LogP contribution is -2.02. The predicted molar refractivity (Wildman–Crippen MR) is 50.2 cm³/mol. The molecule has 0 atom stereocenters. The number of carbonyl (C=O) groups is 1. The summed E-state index contributed by atoms with van der Waals surface area (Å²) in [6.45, 7) is 1.31. The number of ether oxygens (including phenoxy) is 1. The fourth-order valence-electron chi connectivity index (χ4n) is 0.806. The number of hydrogen-bond donors (Lipinski definition) is 0. The first-order valence-corrected chi connectivity index (χ1v) is 4.31. The monoisotopic (exact) mass is 239 g/mol. The van der Waals surface area contributed by atoms with Crippen molar-refractivity contribution in [2.24, 2.45) is 0 Å². The summed E-state index contributed by atoms with van der Waals surface area (Å²) in [5.74, 6) is -0.0395. The van der Waals surface area contributed by atoms with Gasteiger partial charge in [-0.1, -0.05) is 0 Å². The molecule has 1 aromatic carbocycles. The highest BCUT2D eigenvalue weighted by Crippen LogP contribution is 2.25. The molecule has 0 unspecified atom stereocenters. The topological polar surface area (TPSA) is 50.1 Å². The van der Waals surface area contributed by atoms with Gasteiger partial charge in [0.2, 0.25) is 0 Å². The fraction of sp³-hybridized carbons (Fsp3) is 0.111. The standard InChI is InChI=1S/C9H6BrNO2/c1-6(12)13-9-4-7(5-11)2-3-8(9)10/h2-4H,1H3. The van der Waals surface area contributed by atoms with Crippen LogP contribution in [0.2, 0.25) is 0 Å². The van der Waals surface area contributed by atoms with E-state index in [2.05, 4.69) is 15.9 Å². The zero-order chi connectivity index (χ0) is 9.84. The molecular weight excluding hydrogens is 234 g/mol. The minimum atomic E-state index is -0.407. The Hall–Kier alpha value is -1.34. The second-order valence-corrected chi connectivity index (χ2v) is 3.20. The summed E-state index contributed by atoms with van der Waals surface area (Å²) in [5.41, 5.74) is 0.458. The van der Waals surface area contributed by atoms with Gasteiger partial charge in [0.05, 0.1) is 16.1 Å². The zero-order valence-electron chi connectivity index (χ0n) is 6.87. The van der Waals surface area contributed by atoms with Gasteiger partial charge in [-0.25, -0.2) is 0 Å². The first-order valence-electron chi connectivity index (χ1n) is 3.51. The van der Waals surface area contributed by atoms with Gasteiger partial charge in [-0.2, -0.15) is 5.26 Å². The lowest BCUT2D eigenvalue weighted by atomic mass is 10.2. The van der Waals surface area contributed by atoms with Crippen molar-refractivity contribution in [2.45, 2.75) is 6.92 Å². The molecule has 0 aliphatic rings. The quantitative estimate of drug-likeness (QED) is 0.558. The van der Waals surface area contributed by atoms with Crippen LogP contribution in [-0.4, -0.2) is 5.97 Å². The SMILES string of the molecule is CC(=O)Oc1cc(C#N)ccc1Br. The molecule has 0 spiro atoms. The van der Waals surface area contributed by atoms with Crippen LogP contribution in [0.3, 0.4) is 0 Å². The molecule has 4 heteroatoms. The molecule has 0 aliphatic heterocycles. The number of hydrogen-bond acceptors (Lipinski definition) is 3. The van der Waals surface area contributed by atoms with E-state index in [1.165, 1.54) is 13.0 Å². The smallest absolute Gasteiger partial charge is 0.308 e. The average Bonchev–Trinajstić information content (AvgIpc) is 2.08. The van der Waals surface area contributed by atoms with E-state index in [0.717, 1.165) is 0 Å². The molecule has 1 aromatic rings. The number of halogens is 1. The Morgan fingerprint density at radius 2 is 2.31 bits per heavy atom. The van der Waals surface area contributed by atoms with E-state index in [0.29, 0.717) is 15.8 Å². The largest absolute Gasteiger partial charge is 0.425 e. The molecule has 0 bridgehead atoms. The molecule has 0 amide bonds. The lowest BCUT2D eigenvalue weighted by Gasteiger charge is -2.03. The highest BCUT2D eigenvalue weighted by Gasteiger charge is 2.04. The van der Waals surface area contributed by atoms with Crippen molar-refractivity contribution in [1.82, 2.24) is 0 Å². The number of carbonyl (C=O) groups excluding carboxylic acids is 1. The van der Waals surface area contributed by atoms with E-state index in [9.17, 15) is 4.79 Å². The van der Waals surface area contributed by atoms with Gasteiger partial charge < -0.3 is 4.74 Å². The number of esters is 1. The van der Waals surface area contributed by atoms with E-state index in [1.54, 1.807) is 12.1 Å². The highest BCUT2D eigenvalue weighted by molar-refractivity contribution is 9.10. The Morgan fingerprint density at radius 1 is 1.62 bits per heavy atom. The normalized spacial score (nSPS) is 9.00. The van der Waals surface area contributed by atoms with Crippen LogP contribution in [0.5, 0.6) is 5.75 Å². The van der Waals surface area contributed by atoms with Crippen LogP contribution in [0.15, 0.2) is 22.7 Å². The van der Waals surface area contributed by atoms with E-state index in [1.807, 2.05) is 6.07 Å². The van der Waals surface area contributed by atoms with Crippen LogP contribution < -0.4 is 4.74 Å². The number of nitriles is 1. The van der Waals surface area contributed by atoms with Gasteiger partial charge in [-0.15, -0.1) is 0 Å². The van der Waals surface area contributed by atoms with Crippen LogP contribution in [0.1, 0.15) is 12.5 Å². The molecule has 0 saturated carbocycles. The van der Waals surface area contributed by atoms with Gasteiger partial charge in [0.1, 0.15) is 5.75 Å². The van der Waals surface area contributed by atoms with E-state index in [4.69, 9.17) is 10.00 Å². The molecule has 0 aromatic heterocycles. The van der Waals surface area contributed by atoms with Gasteiger partial charge in [0.25, 0.3) is 0 Å². The Kier molecular flexibility index (Phi) is 3.04. The van der Waals surface area contributed by atoms with Crippen molar-refractivity contribution in [3.8, 4) is 11.8 Å². The minimum Gasteiger partial charge on any atom is -0.425 e. The Morgan fingerprint density at radius 3 is 2.85 bits per heavy atom. The summed E-state index contributed by atoms with van der Waals surface area (Å²) in [6.07, 6.45) is 0. The van der Waals surface area contributed by atoms with Crippen LogP contribution in [0, 0.1) is 11.3 Å². The first-order chi connectivity index (χ1) is 6.13. The van der Waals surface area contributed by atoms with Gasteiger partial charge in [0.15, 0.2) is 0 Å². The third kappa shape index (κ3) is 2.56. The molecule has 0 saturated heterocycles. The van der Waals surface area contributed by atoms with Crippen LogP contribution in [0.25, 0.3) is 0 Å². The number of benzene rings is 1. The maximum Gasteiger partial charge on any atom is 0.308 e. The summed E-state index contributed by atoms with van der Waals surface area (Å²) in [5, 5.41) is 8.58. The van der Waals surface area contributed by atoms with Crippen molar-refractivity contribution < 1.29 is 9.53 Å². The summed E-state index contributed by atoms with van der Waals surface area (Å²) in [7, 11) is 0. The third-order valence-corrected chi connectivity index (χ3v) is 1.97. The van der Waals surface area contributed by atoms with Crippen LogP contribution in [-0.2, 0) is 4.79 Å². The molecule has 0 N–H and O–H groups in total. The maximum absolute atomic E-state index is 10.6. The highest BCUT2D eigenvalue weighted by atomic mass is 79.9. The predicted octanol–water partition coefficient (Wildman–Crippen LogP) is 2.25. The van der Waals surface area contributed by atoms with E-state index < -0.39 is 5.97 Å². The van der Waals surface area contributed by atoms with Crippen molar-refractivity contribution in [3.63, 3.8) is 0 Å². The Bertz CT molecular complexity index is 382. The second kappa shape index (κ2) is 4.06. The molecule has 13 heavy (non-hydrogen) atoms. The second-order valence-electron chi connectivity index (χ2n) is 2.35. The molecule has 0 heterocycles. The molecule has 0 radical (unpaired) electrons. The molecule has 3 nitrogen and oxygen atoms in total. The lowest BCUT2D eigenvalue weighted by molar-refractivity contribution is -0.131. The van der Waals surface area contributed by atoms with Gasteiger partial charge in [-0.3, -0.25) is 4.79 Å². The molecule has 66 valence electrons. The zero-order valence-corrected chi connectivity index (χ0v) is 8.46. The van der Waals surface area contributed by atoms with Crippen molar-refractivity contribution in [2.75, 3.05) is 0 Å². The average molecular weight is 240 g/mol. The van der Waals surface area contributed by atoms with Crippen molar-refractivity contribution >= 4 is 21.9 Å². The molecule has 0 aliphatic carbocycles. The molecule has 0 fully saturated rings. The number of nitrogens with zero attached hydrogens (tertiary/aromatic N) is 1. The maximum atomic E-state index is 10.6. The Balaban J connectivity index is 3.05. The van der Waals surface area contributed by atoms with Crippen molar-refractivity contribution in [3.05, 3.63) is 28.2 Å².